The van der Waals surface area contributed by atoms with Crippen molar-refractivity contribution >= 4 is 23.0 Å². The zero-order valence-electron chi connectivity index (χ0n) is 15.1. The highest BCUT2D eigenvalue weighted by atomic mass is 16.6. The zero-order chi connectivity index (χ0) is 18.9. The molecule has 2 heterocycles. The van der Waals surface area contributed by atoms with E-state index in [2.05, 4.69) is 4.98 Å². The van der Waals surface area contributed by atoms with Crippen LogP contribution in [0, 0.1) is 11.3 Å². The van der Waals surface area contributed by atoms with Crippen LogP contribution in [0.5, 0.6) is 0 Å². The van der Waals surface area contributed by atoms with Crippen LogP contribution in [0.15, 0.2) is 28.7 Å². The Morgan fingerprint density at radius 2 is 2.12 bits per heavy atom. The van der Waals surface area contributed by atoms with Crippen LogP contribution in [0.1, 0.15) is 45.4 Å². The van der Waals surface area contributed by atoms with Gasteiger partial charge in [-0.25, -0.2) is 9.78 Å². The second-order valence-electron chi connectivity index (χ2n) is 7.32. The highest BCUT2D eigenvalue weighted by Crippen LogP contribution is 2.28. The molecule has 0 aliphatic carbocycles. The molecule has 2 aromatic rings. The van der Waals surface area contributed by atoms with Crippen molar-refractivity contribution in [3.63, 3.8) is 0 Å². The number of Topliss-reactive ketones (excluding diaryl/α,β-unsaturated/α-hetero) is 1. The van der Waals surface area contributed by atoms with E-state index >= 15 is 0 Å². The number of ketones is 1. The van der Waals surface area contributed by atoms with Crippen LogP contribution in [0.25, 0.3) is 11.1 Å². The minimum Gasteiger partial charge on any atom is -0.444 e. The van der Waals surface area contributed by atoms with E-state index in [0.717, 1.165) is 0 Å². The molecule has 2 unspecified atom stereocenters. The number of oxazole rings is 1. The van der Waals surface area contributed by atoms with Gasteiger partial charge in [-0.1, -0.05) is 12.1 Å². The van der Waals surface area contributed by atoms with Crippen molar-refractivity contribution in [3.05, 3.63) is 30.2 Å². The van der Waals surface area contributed by atoms with E-state index in [-0.39, 0.29) is 11.7 Å². The molecule has 1 saturated heterocycles. The van der Waals surface area contributed by atoms with E-state index in [1.54, 1.807) is 45.0 Å². The summed E-state index contributed by atoms with van der Waals surface area (Å²) in [6, 6.07) is 8.36. The third-order valence-electron chi connectivity index (χ3n) is 4.18. The number of fused-ring (bicyclic) bond motifs is 1. The summed E-state index contributed by atoms with van der Waals surface area (Å²) in [7, 11) is 0. The van der Waals surface area contributed by atoms with Gasteiger partial charge in [0.15, 0.2) is 17.3 Å². The quantitative estimate of drug-likeness (QED) is 0.837. The maximum absolute atomic E-state index is 13.0. The van der Waals surface area contributed by atoms with Crippen molar-refractivity contribution in [2.24, 2.45) is 0 Å². The second kappa shape index (κ2) is 6.79. The van der Waals surface area contributed by atoms with E-state index < -0.39 is 23.7 Å². The molecule has 26 heavy (non-hydrogen) atoms. The standard InChI is InChI=1S/C19H21N3O4/c1-19(2,3)26-18(24)22-10-6-8-14(22)16(23)12(11-20)17-21-13-7-4-5-9-15(13)25-17/h4-5,7,9,12,14H,6,8,10H2,1-3H3. The first-order chi connectivity index (χ1) is 12.3. The molecule has 1 fully saturated rings. The smallest absolute Gasteiger partial charge is 0.410 e. The number of para-hydroxylation sites is 2. The molecule has 3 rings (SSSR count). The van der Waals surface area contributed by atoms with Gasteiger partial charge in [0.2, 0.25) is 5.89 Å². The van der Waals surface area contributed by atoms with Crippen LogP contribution in [-0.2, 0) is 9.53 Å². The number of benzene rings is 1. The summed E-state index contributed by atoms with van der Waals surface area (Å²) >= 11 is 0. The number of hydrogen-bond acceptors (Lipinski definition) is 6. The molecule has 7 heteroatoms. The number of hydrogen-bond donors (Lipinski definition) is 0. The molecule has 1 aliphatic heterocycles. The molecule has 0 N–H and O–H groups in total. The van der Waals surface area contributed by atoms with Gasteiger partial charge in [-0.05, 0) is 45.7 Å². The lowest BCUT2D eigenvalue weighted by Crippen LogP contribution is -2.44. The number of carbonyl (C=O) groups excluding carboxylic acids is 2. The number of amides is 1. The van der Waals surface area contributed by atoms with E-state index in [4.69, 9.17) is 9.15 Å². The van der Waals surface area contributed by atoms with Crippen LogP contribution < -0.4 is 0 Å². The molecular weight excluding hydrogens is 334 g/mol. The predicted molar refractivity (Wildman–Crippen MR) is 93.3 cm³/mol. The van der Waals surface area contributed by atoms with Gasteiger partial charge >= 0.3 is 6.09 Å². The normalized spacial score (nSPS) is 18.5. The fourth-order valence-electron chi connectivity index (χ4n) is 3.05. The number of carbonyl (C=O) groups is 2. The van der Waals surface area contributed by atoms with Gasteiger partial charge in [-0.3, -0.25) is 9.69 Å². The maximum Gasteiger partial charge on any atom is 0.410 e. The molecule has 2 atom stereocenters. The van der Waals surface area contributed by atoms with Crippen molar-refractivity contribution < 1.29 is 18.7 Å². The van der Waals surface area contributed by atoms with Gasteiger partial charge < -0.3 is 9.15 Å². The Bertz CT molecular complexity index is 842. The first-order valence-corrected chi connectivity index (χ1v) is 8.58. The van der Waals surface area contributed by atoms with Gasteiger partial charge in [0, 0.05) is 6.54 Å². The molecule has 1 aliphatic rings. The van der Waals surface area contributed by atoms with Gasteiger partial charge in [0.1, 0.15) is 11.1 Å². The van der Waals surface area contributed by atoms with Crippen molar-refractivity contribution in [3.8, 4) is 6.07 Å². The average molecular weight is 355 g/mol. The first-order valence-electron chi connectivity index (χ1n) is 8.58. The van der Waals surface area contributed by atoms with Crippen LogP contribution >= 0.6 is 0 Å². The fraction of sp³-hybridized carbons (Fsp3) is 0.474. The summed E-state index contributed by atoms with van der Waals surface area (Å²) < 4.78 is 11.0. The number of aromatic nitrogens is 1. The molecule has 1 aromatic carbocycles. The molecule has 136 valence electrons. The summed E-state index contributed by atoms with van der Waals surface area (Å²) in [5.41, 5.74) is 0.458. The summed E-state index contributed by atoms with van der Waals surface area (Å²) in [5, 5.41) is 9.54. The Hall–Kier alpha value is -2.88. The van der Waals surface area contributed by atoms with E-state index in [1.807, 2.05) is 6.07 Å². The fourth-order valence-corrected chi connectivity index (χ4v) is 3.05. The highest BCUT2D eigenvalue weighted by Gasteiger charge is 2.41. The Kier molecular flexibility index (Phi) is 4.68. The molecule has 1 amide bonds. The SMILES string of the molecule is CC(C)(C)OC(=O)N1CCCC1C(=O)C(C#N)c1nc2ccccc2o1. The van der Waals surface area contributed by atoms with Crippen LogP contribution in [0.4, 0.5) is 4.79 Å². The second-order valence-corrected chi connectivity index (χ2v) is 7.32. The number of nitrogens with zero attached hydrogens (tertiary/aromatic N) is 3. The predicted octanol–water partition coefficient (Wildman–Crippen LogP) is 3.40. The lowest BCUT2D eigenvalue weighted by atomic mass is 9.97. The van der Waals surface area contributed by atoms with Crippen LogP contribution in [0.2, 0.25) is 0 Å². The Labute approximate surface area is 151 Å². The Morgan fingerprint density at radius 1 is 1.38 bits per heavy atom. The largest absolute Gasteiger partial charge is 0.444 e. The van der Waals surface area contributed by atoms with Gasteiger partial charge in [-0.2, -0.15) is 5.26 Å². The summed E-state index contributed by atoms with van der Waals surface area (Å²) in [5.74, 6) is -1.48. The number of nitriles is 1. The molecule has 7 nitrogen and oxygen atoms in total. The molecule has 0 radical (unpaired) electrons. The minimum atomic E-state index is -1.16. The van der Waals surface area contributed by atoms with Crippen molar-refractivity contribution in [2.75, 3.05) is 6.54 Å². The number of ether oxygens (including phenoxy) is 1. The van der Waals surface area contributed by atoms with E-state index in [0.29, 0.717) is 30.5 Å². The topological polar surface area (TPSA) is 96.4 Å². The average Bonchev–Trinajstić information content (AvgIpc) is 3.20. The molecule has 0 bridgehead atoms. The number of rotatable bonds is 3. The van der Waals surface area contributed by atoms with Crippen molar-refractivity contribution in [1.82, 2.24) is 9.88 Å². The monoisotopic (exact) mass is 355 g/mol. The third kappa shape index (κ3) is 3.54. The Morgan fingerprint density at radius 3 is 2.77 bits per heavy atom. The molecule has 0 spiro atoms. The van der Waals surface area contributed by atoms with Crippen LogP contribution in [-0.4, -0.2) is 39.9 Å². The Balaban J connectivity index is 1.83. The van der Waals surface area contributed by atoms with Gasteiger partial charge in [0.05, 0.1) is 12.1 Å². The molecular formula is C19H21N3O4. The van der Waals surface area contributed by atoms with Gasteiger partial charge in [0.25, 0.3) is 0 Å². The third-order valence-corrected chi connectivity index (χ3v) is 4.18. The summed E-state index contributed by atoms with van der Waals surface area (Å²) in [6.07, 6.45) is 0.639. The minimum absolute atomic E-state index is 0.0646. The maximum atomic E-state index is 13.0. The number of likely N-dealkylation sites (tertiary alicyclic amines) is 1. The molecule has 0 saturated carbocycles. The summed E-state index contributed by atoms with van der Waals surface area (Å²) in [4.78, 5) is 31.0. The van der Waals surface area contributed by atoms with Crippen LogP contribution in [0.3, 0.4) is 0 Å². The van der Waals surface area contributed by atoms with Gasteiger partial charge in [-0.15, -0.1) is 0 Å². The first kappa shape index (κ1) is 17.9. The van der Waals surface area contributed by atoms with Crippen molar-refractivity contribution in [1.29, 1.82) is 5.26 Å². The zero-order valence-corrected chi connectivity index (χ0v) is 15.1. The van der Waals surface area contributed by atoms with Crippen molar-refractivity contribution in [2.45, 2.75) is 51.2 Å². The molecule has 1 aromatic heterocycles. The van der Waals surface area contributed by atoms with E-state index in [1.165, 1.54) is 4.90 Å². The lowest BCUT2D eigenvalue weighted by molar-refractivity contribution is -0.124. The van der Waals surface area contributed by atoms with E-state index in [9.17, 15) is 14.9 Å². The highest BCUT2D eigenvalue weighted by molar-refractivity contribution is 5.94. The lowest BCUT2D eigenvalue weighted by Gasteiger charge is -2.28. The summed E-state index contributed by atoms with van der Waals surface area (Å²) in [6.45, 7) is 5.74.